The monoisotopic (exact) mass is 857 g/mol. The molecule has 0 aromatic heterocycles. The van der Waals surface area contributed by atoms with Crippen LogP contribution in [0.1, 0.15) is 148 Å². The first-order valence-electron chi connectivity index (χ1n) is 22.9. The molecular formula is C44H80N4O12. The second kappa shape index (κ2) is 38.7. The van der Waals surface area contributed by atoms with Crippen molar-refractivity contribution < 1.29 is 57.9 Å². The lowest BCUT2D eigenvalue weighted by atomic mass is 9.81. The van der Waals surface area contributed by atoms with Crippen LogP contribution in [-0.2, 0) is 47.7 Å². The lowest BCUT2D eigenvalue weighted by molar-refractivity contribution is -0.143. The normalized spacial score (nSPS) is 15.6. The Morgan fingerprint density at radius 1 is 0.550 bits per heavy atom. The Hall–Kier alpha value is -3.18. The number of carbonyl (C=O) groups excluding carboxylic acids is 4. The standard InChI is InChI=1S/C44H80N4O12/c1-36(49)35-60-33-32-58-28-25-45-24-27-57-30-31-59-29-26-46-41(51)23-22-39(44(55)56)48-43(54)38-20-18-37(19-21-38)34-47-40(50)16-14-12-10-8-6-4-2-3-5-7-9-11-13-15-17-42(52)53/h37-39,45H,2-35H2,1H3,(H,46,51)(H,47,50)(H,48,54)(H,52,53)(H,55,56). The predicted octanol–water partition coefficient (Wildman–Crippen LogP) is 4.95. The number of aliphatic carboxylic acids is 2. The lowest BCUT2D eigenvalue weighted by Crippen LogP contribution is -2.45. The van der Waals surface area contributed by atoms with Crippen molar-refractivity contribution in [1.29, 1.82) is 0 Å². The summed E-state index contributed by atoms with van der Waals surface area (Å²) in [5.41, 5.74) is 0. The second-order valence-corrected chi connectivity index (χ2v) is 16.0. The number of carbonyl (C=O) groups is 6. The quantitative estimate of drug-likeness (QED) is 0.0448. The SMILES string of the molecule is CC(=O)COCCOCCNCCOCCOCCNC(=O)CCC(NC(=O)C1CCC(CNC(=O)CCCCCCCCCCCCCCCCC(=O)O)CC1)C(=O)O. The summed E-state index contributed by atoms with van der Waals surface area (Å²) < 4.78 is 21.5. The molecule has 1 fully saturated rings. The van der Waals surface area contributed by atoms with Gasteiger partial charge in [0.25, 0.3) is 0 Å². The third-order valence-corrected chi connectivity index (χ3v) is 10.6. The van der Waals surface area contributed by atoms with Crippen molar-refractivity contribution in [3.63, 3.8) is 0 Å². The summed E-state index contributed by atoms with van der Waals surface area (Å²) in [5, 5.41) is 29.9. The minimum atomic E-state index is -1.17. The Labute approximate surface area is 359 Å². The molecule has 3 amide bonds. The molecule has 1 aliphatic rings. The number of Topliss-reactive ketones (excluding diaryl/α,β-unsaturated/α-hetero) is 1. The highest BCUT2D eigenvalue weighted by atomic mass is 16.5. The van der Waals surface area contributed by atoms with E-state index in [1.165, 1.54) is 58.3 Å². The number of nitrogens with one attached hydrogen (secondary N) is 4. The van der Waals surface area contributed by atoms with Crippen LogP contribution in [0.15, 0.2) is 0 Å². The van der Waals surface area contributed by atoms with Crippen LogP contribution in [0, 0.1) is 11.8 Å². The van der Waals surface area contributed by atoms with Gasteiger partial charge in [-0.2, -0.15) is 0 Å². The Bertz CT molecular complexity index is 1150. The van der Waals surface area contributed by atoms with Gasteiger partial charge in [0.05, 0.1) is 46.2 Å². The fourth-order valence-corrected chi connectivity index (χ4v) is 7.00. The number of unbranched alkanes of at least 4 members (excludes halogenated alkanes) is 13. The first-order valence-corrected chi connectivity index (χ1v) is 22.9. The van der Waals surface area contributed by atoms with Gasteiger partial charge in [0.15, 0.2) is 5.78 Å². The van der Waals surface area contributed by atoms with E-state index in [2.05, 4.69) is 21.3 Å². The van der Waals surface area contributed by atoms with Crippen molar-refractivity contribution in [3.8, 4) is 0 Å². The van der Waals surface area contributed by atoms with E-state index in [0.29, 0.717) is 84.5 Å². The zero-order chi connectivity index (χ0) is 43.9. The van der Waals surface area contributed by atoms with E-state index in [0.717, 1.165) is 51.4 Å². The van der Waals surface area contributed by atoms with E-state index >= 15 is 0 Å². The van der Waals surface area contributed by atoms with Gasteiger partial charge in [0, 0.05) is 51.4 Å². The molecular weight excluding hydrogens is 776 g/mol. The molecule has 348 valence electrons. The van der Waals surface area contributed by atoms with Gasteiger partial charge in [-0.15, -0.1) is 0 Å². The number of hydrogen-bond donors (Lipinski definition) is 6. The third-order valence-electron chi connectivity index (χ3n) is 10.6. The van der Waals surface area contributed by atoms with E-state index in [9.17, 15) is 33.9 Å². The highest BCUT2D eigenvalue weighted by Crippen LogP contribution is 2.29. The van der Waals surface area contributed by atoms with Crippen molar-refractivity contribution >= 4 is 35.4 Å². The fourth-order valence-electron chi connectivity index (χ4n) is 7.00. The van der Waals surface area contributed by atoms with Crippen LogP contribution in [0.5, 0.6) is 0 Å². The van der Waals surface area contributed by atoms with Gasteiger partial charge < -0.3 is 50.4 Å². The number of carboxylic acids is 2. The van der Waals surface area contributed by atoms with Crippen LogP contribution in [0.3, 0.4) is 0 Å². The van der Waals surface area contributed by atoms with Crippen molar-refractivity contribution in [2.24, 2.45) is 11.8 Å². The maximum Gasteiger partial charge on any atom is 0.326 e. The molecule has 60 heavy (non-hydrogen) atoms. The maximum absolute atomic E-state index is 12.9. The predicted molar refractivity (Wildman–Crippen MR) is 229 cm³/mol. The smallest absolute Gasteiger partial charge is 0.326 e. The molecule has 1 aliphatic carbocycles. The Kier molecular flexibility index (Phi) is 35.4. The number of ether oxygens (including phenoxy) is 4. The van der Waals surface area contributed by atoms with Gasteiger partial charge in [-0.3, -0.25) is 24.0 Å². The van der Waals surface area contributed by atoms with Gasteiger partial charge in [0.1, 0.15) is 12.6 Å². The molecule has 1 saturated carbocycles. The molecule has 1 unspecified atom stereocenters. The van der Waals surface area contributed by atoms with Gasteiger partial charge >= 0.3 is 11.9 Å². The molecule has 6 N–H and O–H groups in total. The summed E-state index contributed by atoms with van der Waals surface area (Å²) in [4.78, 5) is 70.8. The maximum atomic E-state index is 12.9. The molecule has 16 nitrogen and oxygen atoms in total. The molecule has 0 saturated heterocycles. The summed E-state index contributed by atoms with van der Waals surface area (Å²) in [5.74, 6) is -2.40. The zero-order valence-electron chi connectivity index (χ0n) is 36.8. The third kappa shape index (κ3) is 34.5. The zero-order valence-corrected chi connectivity index (χ0v) is 36.8. The van der Waals surface area contributed by atoms with Gasteiger partial charge in [0.2, 0.25) is 17.7 Å². The van der Waals surface area contributed by atoms with E-state index in [-0.39, 0.29) is 68.4 Å². The largest absolute Gasteiger partial charge is 0.481 e. The van der Waals surface area contributed by atoms with Crippen molar-refractivity contribution in [2.75, 3.05) is 79.0 Å². The van der Waals surface area contributed by atoms with Gasteiger partial charge in [-0.05, 0) is 57.8 Å². The Morgan fingerprint density at radius 3 is 1.52 bits per heavy atom. The highest BCUT2D eigenvalue weighted by Gasteiger charge is 2.29. The topological polar surface area (TPSA) is 228 Å². The molecule has 0 aromatic carbocycles. The molecule has 0 aliphatic heterocycles. The van der Waals surface area contributed by atoms with E-state index < -0.39 is 18.0 Å². The summed E-state index contributed by atoms with van der Waals surface area (Å²) in [6.45, 7) is 6.72. The molecule has 0 bridgehead atoms. The van der Waals surface area contributed by atoms with Crippen LogP contribution in [0.25, 0.3) is 0 Å². The number of rotatable bonds is 42. The number of ketones is 1. The van der Waals surface area contributed by atoms with Crippen LogP contribution in [0.4, 0.5) is 0 Å². The van der Waals surface area contributed by atoms with Crippen LogP contribution in [-0.4, -0.2) is 131 Å². The summed E-state index contributed by atoms with van der Waals surface area (Å²) in [7, 11) is 0. The fraction of sp³-hybridized carbons (Fsp3) is 0.864. The first-order chi connectivity index (χ1) is 29.1. The van der Waals surface area contributed by atoms with E-state index in [1.807, 2.05) is 0 Å². The minimum Gasteiger partial charge on any atom is -0.481 e. The number of hydrogen-bond acceptors (Lipinski definition) is 11. The number of carboxylic acid groups (broad SMARTS) is 2. The van der Waals surface area contributed by atoms with Crippen LogP contribution < -0.4 is 21.3 Å². The average molecular weight is 857 g/mol. The van der Waals surface area contributed by atoms with Crippen molar-refractivity contribution in [1.82, 2.24) is 21.3 Å². The molecule has 0 radical (unpaired) electrons. The van der Waals surface area contributed by atoms with E-state index in [4.69, 9.17) is 24.1 Å². The summed E-state index contributed by atoms with van der Waals surface area (Å²) in [6, 6.07) is -1.15. The second-order valence-electron chi connectivity index (χ2n) is 16.0. The van der Waals surface area contributed by atoms with Crippen molar-refractivity contribution in [2.45, 2.75) is 154 Å². The lowest BCUT2D eigenvalue weighted by Gasteiger charge is -2.28. The van der Waals surface area contributed by atoms with Crippen LogP contribution >= 0.6 is 0 Å². The molecule has 1 atom stereocenters. The highest BCUT2D eigenvalue weighted by molar-refractivity contribution is 5.85. The van der Waals surface area contributed by atoms with E-state index in [1.54, 1.807) is 0 Å². The minimum absolute atomic E-state index is 0.0125. The Morgan fingerprint density at radius 2 is 1.02 bits per heavy atom. The van der Waals surface area contributed by atoms with Gasteiger partial charge in [-0.1, -0.05) is 77.0 Å². The van der Waals surface area contributed by atoms with Gasteiger partial charge in [-0.25, -0.2) is 4.79 Å². The molecule has 0 heterocycles. The molecule has 1 rings (SSSR count). The summed E-state index contributed by atoms with van der Waals surface area (Å²) in [6.07, 6.45) is 19.7. The summed E-state index contributed by atoms with van der Waals surface area (Å²) >= 11 is 0. The number of amides is 3. The van der Waals surface area contributed by atoms with Crippen LogP contribution in [0.2, 0.25) is 0 Å². The molecule has 16 heteroatoms. The molecule has 0 aromatic rings. The average Bonchev–Trinajstić information content (AvgIpc) is 3.22. The molecule has 0 spiro atoms. The Balaban J connectivity index is 1.99. The van der Waals surface area contributed by atoms with Crippen molar-refractivity contribution in [3.05, 3.63) is 0 Å². The first kappa shape index (κ1) is 54.8.